The lowest BCUT2D eigenvalue weighted by Gasteiger charge is -2.47. The average molecular weight is 897 g/mol. The lowest BCUT2D eigenvalue weighted by atomic mass is 9.71. The van der Waals surface area contributed by atoms with Crippen LogP contribution in [0, 0.1) is 23.2 Å². The largest absolute Gasteiger partial charge is 0.382 e. The number of hydrogen-bond acceptors (Lipinski definition) is 11. The summed E-state index contributed by atoms with van der Waals surface area (Å²) in [5.41, 5.74) is 13.2. The summed E-state index contributed by atoms with van der Waals surface area (Å²) in [6.45, 7) is 10.9. The number of methoxy groups -OCH3 is 1. The maximum absolute atomic E-state index is 14.0. The number of carbonyl (C=O) groups is 5. The number of ether oxygens (including phenoxy) is 1. The van der Waals surface area contributed by atoms with E-state index in [2.05, 4.69) is 48.4 Å². The topological polar surface area (TPSA) is 188 Å². The molecular weight excluding hydrogens is 837 g/mol. The quantitative estimate of drug-likeness (QED) is 0.144. The van der Waals surface area contributed by atoms with Gasteiger partial charge in [0.2, 0.25) is 17.7 Å². The van der Waals surface area contributed by atoms with Crippen molar-refractivity contribution in [2.24, 2.45) is 11.3 Å². The highest BCUT2D eigenvalue weighted by atomic mass is 16.5. The molecule has 0 bridgehead atoms. The van der Waals surface area contributed by atoms with Crippen LogP contribution in [0.2, 0.25) is 0 Å². The van der Waals surface area contributed by atoms with Gasteiger partial charge >= 0.3 is 0 Å². The monoisotopic (exact) mass is 896 g/mol. The van der Waals surface area contributed by atoms with Crippen LogP contribution in [0.5, 0.6) is 0 Å². The van der Waals surface area contributed by atoms with Crippen molar-refractivity contribution in [2.75, 3.05) is 68.9 Å². The van der Waals surface area contributed by atoms with Crippen LogP contribution < -0.4 is 21.3 Å². The number of nitrogens with one attached hydrogen (secondary N) is 2. The summed E-state index contributed by atoms with van der Waals surface area (Å²) in [5.74, 6) is 6.16. The number of anilines is 3. The number of imide groups is 1. The first-order chi connectivity index (χ1) is 31.9. The molecule has 4 fully saturated rings. The average Bonchev–Trinajstić information content (AvgIpc) is 3.84. The van der Waals surface area contributed by atoms with E-state index >= 15 is 0 Å². The minimum Gasteiger partial charge on any atom is -0.382 e. The number of amides is 5. The number of nitrogens with zero attached hydrogens (tertiary/aromatic N) is 7. The van der Waals surface area contributed by atoms with Crippen molar-refractivity contribution in [3.63, 3.8) is 0 Å². The van der Waals surface area contributed by atoms with Gasteiger partial charge in [0.05, 0.1) is 23.4 Å². The van der Waals surface area contributed by atoms with Gasteiger partial charge in [-0.15, -0.1) is 0 Å². The Morgan fingerprint density at radius 2 is 1.70 bits per heavy atom. The van der Waals surface area contributed by atoms with Gasteiger partial charge in [0, 0.05) is 82.1 Å². The minimum atomic E-state index is -0.612. The molecule has 1 spiro atoms. The van der Waals surface area contributed by atoms with Gasteiger partial charge in [-0.1, -0.05) is 37.8 Å². The van der Waals surface area contributed by atoms with E-state index < -0.39 is 6.04 Å². The van der Waals surface area contributed by atoms with Gasteiger partial charge in [0.1, 0.15) is 17.9 Å². The summed E-state index contributed by atoms with van der Waals surface area (Å²) in [4.78, 5) is 77.6. The predicted octanol–water partition coefficient (Wildman–Crippen LogP) is 4.96. The molecule has 16 nitrogen and oxygen atoms in total. The van der Waals surface area contributed by atoms with Crippen LogP contribution in [0.15, 0.2) is 48.8 Å². The van der Waals surface area contributed by atoms with Crippen LogP contribution in [-0.2, 0) is 32.3 Å². The number of nitrogen functional groups attached to an aromatic ring is 1. The van der Waals surface area contributed by atoms with Gasteiger partial charge in [0.15, 0.2) is 5.82 Å². The number of likely N-dealkylation sites (tertiary alicyclic amines) is 2. The molecule has 4 saturated heterocycles. The third-order valence-electron chi connectivity index (χ3n) is 14.6. The van der Waals surface area contributed by atoms with E-state index in [-0.39, 0.29) is 53.6 Å². The molecule has 9 rings (SSSR count). The Morgan fingerprint density at radius 1 is 0.970 bits per heavy atom. The molecule has 5 aliphatic rings. The molecule has 2 aromatic carbocycles. The normalized spacial score (nSPS) is 20.2. The number of rotatable bonds is 10. The molecule has 4 N–H and O–H groups in total. The third kappa shape index (κ3) is 9.11. The zero-order valence-electron chi connectivity index (χ0n) is 38.2. The lowest BCUT2D eigenvalue weighted by Crippen LogP contribution is -2.52. The van der Waals surface area contributed by atoms with Crippen molar-refractivity contribution >= 4 is 52.2 Å². The van der Waals surface area contributed by atoms with Gasteiger partial charge in [-0.25, -0.2) is 9.50 Å². The van der Waals surface area contributed by atoms with Crippen LogP contribution in [0.3, 0.4) is 0 Å². The van der Waals surface area contributed by atoms with Gasteiger partial charge < -0.3 is 35.4 Å². The molecule has 0 saturated carbocycles. The smallest absolute Gasteiger partial charge is 0.259 e. The van der Waals surface area contributed by atoms with Crippen LogP contribution in [-0.4, -0.2) is 118 Å². The summed E-state index contributed by atoms with van der Waals surface area (Å²) < 4.78 is 6.93. The Bertz CT molecular complexity index is 2590. The van der Waals surface area contributed by atoms with Crippen molar-refractivity contribution in [3.8, 4) is 11.8 Å². The summed E-state index contributed by atoms with van der Waals surface area (Å²) in [7, 11) is 1.64. The van der Waals surface area contributed by atoms with Crippen molar-refractivity contribution in [3.05, 3.63) is 82.3 Å². The SMILES string of the molecule is COCc1ccc(NC(=O)c2c(C#CC3CCN(C(=O)CCN4CCC5(CC4)CCN(c4ccc6c(c4)CN(C4CCC(=O)NC4=O)C6=O)CC5)CC3)c(C(C)C)n3ncnc(N)c23)cc1. The van der Waals surface area contributed by atoms with Crippen molar-refractivity contribution in [2.45, 2.75) is 96.7 Å². The molecule has 4 aromatic rings. The van der Waals surface area contributed by atoms with E-state index in [4.69, 9.17) is 10.5 Å². The molecule has 0 aliphatic carbocycles. The number of nitrogens with two attached hydrogens (primary N) is 1. The summed E-state index contributed by atoms with van der Waals surface area (Å²) >= 11 is 0. The zero-order valence-corrected chi connectivity index (χ0v) is 38.2. The number of piperidine rings is 4. The predicted molar refractivity (Wildman–Crippen MR) is 249 cm³/mol. The highest BCUT2D eigenvalue weighted by molar-refractivity contribution is 6.13. The molecule has 2 aromatic heterocycles. The first-order valence-corrected chi connectivity index (χ1v) is 23.5. The first kappa shape index (κ1) is 44.9. The van der Waals surface area contributed by atoms with E-state index in [1.165, 1.54) is 6.33 Å². The van der Waals surface area contributed by atoms with Crippen molar-refractivity contribution in [1.29, 1.82) is 0 Å². The molecule has 66 heavy (non-hydrogen) atoms. The fourth-order valence-corrected chi connectivity index (χ4v) is 10.7. The summed E-state index contributed by atoms with van der Waals surface area (Å²) in [6, 6.07) is 12.9. The van der Waals surface area contributed by atoms with Crippen LogP contribution in [0.25, 0.3) is 5.52 Å². The lowest BCUT2D eigenvalue weighted by molar-refractivity contribution is -0.137. The van der Waals surface area contributed by atoms with Crippen LogP contribution >= 0.6 is 0 Å². The number of hydrogen-bond donors (Lipinski definition) is 3. The molecule has 16 heteroatoms. The summed E-state index contributed by atoms with van der Waals surface area (Å²) in [5, 5.41) is 9.90. The van der Waals surface area contributed by atoms with Gasteiger partial charge in [-0.2, -0.15) is 5.10 Å². The van der Waals surface area contributed by atoms with E-state index in [9.17, 15) is 24.0 Å². The third-order valence-corrected chi connectivity index (χ3v) is 14.6. The Labute approximate surface area is 385 Å². The minimum absolute atomic E-state index is 0.0101. The van der Waals surface area contributed by atoms with Gasteiger partial charge in [-0.05, 0) is 111 Å². The van der Waals surface area contributed by atoms with Crippen LogP contribution in [0.4, 0.5) is 17.2 Å². The van der Waals surface area contributed by atoms with E-state index in [0.717, 1.165) is 93.8 Å². The maximum atomic E-state index is 14.0. The zero-order chi connectivity index (χ0) is 46.1. The second kappa shape index (κ2) is 18.9. The number of aromatic nitrogens is 3. The van der Waals surface area contributed by atoms with Gasteiger partial charge in [0.25, 0.3) is 11.8 Å². The molecule has 5 aliphatic heterocycles. The Kier molecular flexibility index (Phi) is 12.8. The molecule has 0 radical (unpaired) electrons. The van der Waals surface area contributed by atoms with Crippen LogP contribution in [0.1, 0.15) is 121 Å². The molecule has 1 atom stereocenters. The molecule has 7 heterocycles. The number of benzene rings is 2. The fourth-order valence-electron chi connectivity index (χ4n) is 10.7. The highest BCUT2D eigenvalue weighted by Crippen LogP contribution is 2.43. The van der Waals surface area contributed by atoms with Gasteiger partial charge in [-0.3, -0.25) is 29.3 Å². The number of carbonyl (C=O) groups excluding carboxylic acids is 5. The van der Waals surface area contributed by atoms with Crippen molar-refractivity contribution in [1.82, 2.24) is 34.6 Å². The second-order valence-corrected chi connectivity index (χ2v) is 19.0. The Hall–Kier alpha value is -6.31. The second-order valence-electron chi connectivity index (χ2n) is 19.0. The van der Waals surface area contributed by atoms with E-state index in [1.807, 2.05) is 55.1 Å². The maximum Gasteiger partial charge on any atom is 0.259 e. The van der Waals surface area contributed by atoms with Crippen molar-refractivity contribution < 1.29 is 28.7 Å². The first-order valence-electron chi connectivity index (χ1n) is 23.5. The van der Waals surface area contributed by atoms with E-state index in [0.29, 0.717) is 72.4 Å². The molecule has 5 amide bonds. The molecule has 1 unspecified atom stereocenters. The standard InChI is InChI=1S/C50H60N10O6/c1-32(2)44-39(43(45-46(51)52-31-53-60(44)45)48(64)54-36-7-4-34(5-8-36)30-66-3)10-6-33-14-22-58(23-15-33)42(62)16-21-56-24-17-50(18-25-56)19-26-57(27-20-50)37-9-11-38-35(28-37)29-59(49(38)65)40-12-13-41(61)55-47(40)63/h4-5,7-9,11,28,31-33,40H,12-27,29-30H2,1-3H3,(H,54,64)(H2,51,52,53)(H,55,61,63). The fraction of sp³-hybridized carbons (Fsp3) is 0.500. The number of fused-ring (bicyclic) bond motifs is 2. The molecular formula is C50H60N10O6. The Balaban J connectivity index is 0.752. The summed E-state index contributed by atoms with van der Waals surface area (Å²) in [6.07, 6.45) is 8.48. The highest BCUT2D eigenvalue weighted by Gasteiger charge is 2.41. The Morgan fingerprint density at radius 3 is 2.39 bits per heavy atom. The molecule has 346 valence electrons. The van der Waals surface area contributed by atoms with E-state index in [1.54, 1.807) is 16.5 Å².